The molecule has 12 aromatic carbocycles. The number of hydrogen-bond donors (Lipinski definition) is 0. The molecule has 1 aliphatic rings. The number of hydrogen-bond acceptors (Lipinski definition) is 14. The van der Waals surface area contributed by atoms with Gasteiger partial charge in [-0.1, -0.05) is 331 Å². The molecule has 0 spiro atoms. The first-order valence-electron chi connectivity index (χ1n) is 34.8. The van der Waals surface area contributed by atoms with Crippen LogP contribution in [0.5, 0.6) is 0 Å². The highest BCUT2D eigenvalue weighted by atomic mass is 79.9. The van der Waals surface area contributed by atoms with Gasteiger partial charge in [-0.3, -0.25) is 0 Å². The van der Waals surface area contributed by atoms with Crippen molar-refractivity contribution in [1.82, 2.24) is 59.8 Å². The Bertz CT molecular complexity index is 5270. The minimum atomic E-state index is -0.445. The first-order chi connectivity index (χ1) is 51.9. The van der Waals surface area contributed by atoms with Gasteiger partial charge in [0.2, 0.25) is 0 Å². The maximum absolute atomic E-state index is 6.25. The lowest BCUT2D eigenvalue weighted by Gasteiger charge is -2.32. The molecule has 16 heteroatoms. The average molecular weight is 1440 g/mol. The van der Waals surface area contributed by atoms with E-state index in [-0.39, 0.29) is 0 Å². The molecule has 0 aliphatic carbocycles. The van der Waals surface area contributed by atoms with Crippen LogP contribution in [0.15, 0.2) is 344 Å². The molecule has 5 heterocycles. The standard InChI is InChI=1S/C42H28N6.C27H26BN3O2.C21H14BrN3/c1-5-15-29(16-6-1)37-43-38(30-17-7-2-8-18-30)46-41(45-37)35-25-13-23-33(27-35)34-24-14-26-36(28-34)42-47-39(31-19-9-3-10-20-31)44-40(48-42)32-21-11-4-12-22-32;1-26(2)27(3,4)33-28(32-26)22-17-11-16-21(18-22)25-30-23(19-12-7-5-8-13-19)29-24(31-25)20-14-9-6-10-15-20;22-18-13-7-12-17(14-18)21-24-19(15-8-3-1-4-9-15)23-20(25-21)16-10-5-2-6-11-16/h1-28H;5-18H,1-4H3;1-14H. The Hall–Kier alpha value is -12.9. The van der Waals surface area contributed by atoms with Crippen molar-refractivity contribution in [3.63, 3.8) is 0 Å². The second-order valence-electron chi connectivity index (χ2n) is 26.0. The predicted molar refractivity (Wildman–Crippen MR) is 427 cm³/mol. The van der Waals surface area contributed by atoms with E-state index in [2.05, 4.69) is 72.9 Å². The van der Waals surface area contributed by atoms with Crippen LogP contribution in [-0.2, 0) is 9.31 Å². The molecular formula is C90H68BBrN12O2. The SMILES string of the molecule is Brc1cccc(-c2nc(-c3ccccc3)nc(-c3ccccc3)n2)c1.CC1(C)OB(c2cccc(-c3nc(-c4ccccc4)nc(-c4ccccc4)n3)c2)OC1(C)C.c1ccc(-c2nc(-c3ccccc3)nc(-c3cccc(-c4cccc(-c5nc(-c6ccccc6)nc(-c6ccccc6)n5)c4)c3)n2)cc1. The van der Waals surface area contributed by atoms with E-state index in [1.165, 1.54) is 0 Å². The van der Waals surface area contributed by atoms with Gasteiger partial charge in [-0.05, 0) is 68.6 Å². The van der Waals surface area contributed by atoms with Crippen LogP contribution in [0.3, 0.4) is 0 Å². The molecule has 106 heavy (non-hydrogen) atoms. The molecule has 0 saturated carbocycles. The van der Waals surface area contributed by atoms with Gasteiger partial charge in [0.25, 0.3) is 0 Å². The van der Waals surface area contributed by atoms with Crippen LogP contribution in [0.25, 0.3) is 148 Å². The Balaban J connectivity index is 0.000000135. The molecule has 17 rings (SSSR count). The molecule has 16 aromatic rings. The second-order valence-corrected chi connectivity index (χ2v) is 27.0. The molecular weight excluding hydrogens is 1370 g/mol. The van der Waals surface area contributed by atoms with Gasteiger partial charge in [0.05, 0.1) is 11.2 Å². The highest BCUT2D eigenvalue weighted by Crippen LogP contribution is 2.38. The third-order valence-corrected chi connectivity index (χ3v) is 18.6. The van der Waals surface area contributed by atoms with E-state index in [4.69, 9.17) is 64.1 Å². The number of halogens is 1. The van der Waals surface area contributed by atoms with Crippen molar-refractivity contribution < 1.29 is 9.31 Å². The van der Waals surface area contributed by atoms with Crippen molar-refractivity contribution in [2.75, 3.05) is 0 Å². The van der Waals surface area contributed by atoms with E-state index in [0.717, 1.165) is 87.8 Å². The molecule has 0 amide bonds. The summed E-state index contributed by atoms with van der Waals surface area (Å²) in [6.45, 7) is 8.23. The molecule has 0 atom stereocenters. The number of benzene rings is 12. The van der Waals surface area contributed by atoms with E-state index in [9.17, 15) is 0 Å². The zero-order valence-electron chi connectivity index (χ0n) is 58.5. The molecule has 1 saturated heterocycles. The lowest BCUT2D eigenvalue weighted by molar-refractivity contribution is 0.00578. The first kappa shape index (κ1) is 68.9. The van der Waals surface area contributed by atoms with Crippen LogP contribution in [0, 0.1) is 0 Å². The maximum atomic E-state index is 6.25. The Morgan fingerprint density at radius 2 is 0.377 bits per heavy atom. The number of aromatic nitrogens is 12. The highest BCUT2D eigenvalue weighted by molar-refractivity contribution is 9.10. The zero-order chi connectivity index (χ0) is 72.2. The summed E-state index contributed by atoms with van der Waals surface area (Å²) in [4.78, 5) is 57.9. The van der Waals surface area contributed by atoms with Crippen molar-refractivity contribution in [1.29, 1.82) is 0 Å². The summed E-state index contributed by atoms with van der Waals surface area (Å²) in [5.74, 6) is 7.63. The normalized spacial score (nSPS) is 12.6. The predicted octanol–water partition coefficient (Wildman–Crippen LogP) is 20.5. The highest BCUT2D eigenvalue weighted by Gasteiger charge is 2.51. The quantitative estimate of drug-likeness (QED) is 0.0941. The molecule has 0 N–H and O–H groups in total. The van der Waals surface area contributed by atoms with Gasteiger partial charge >= 0.3 is 7.12 Å². The van der Waals surface area contributed by atoms with Crippen LogP contribution in [0.1, 0.15) is 27.7 Å². The van der Waals surface area contributed by atoms with E-state index < -0.39 is 18.3 Å². The van der Waals surface area contributed by atoms with Crippen molar-refractivity contribution >= 4 is 28.5 Å². The zero-order valence-corrected chi connectivity index (χ0v) is 60.1. The summed E-state index contributed by atoms with van der Waals surface area (Å²) in [7, 11) is -0.445. The van der Waals surface area contributed by atoms with E-state index >= 15 is 0 Å². The minimum absolute atomic E-state index is 0.401. The molecule has 0 bridgehead atoms. The number of rotatable bonds is 14. The van der Waals surface area contributed by atoms with E-state index in [1.807, 2.05) is 315 Å². The fourth-order valence-electron chi connectivity index (χ4n) is 11.9. The van der Waals surface area contributed by atoms with Gasteiger partial charge in [-0.25, -0.2) is 59.8 Å². The van der Waals surface area contributed by atoms with E-state index in [1.54, 1.807) is 0 Å². The first-order valence-corrected chi connectivity index (χ1v) is 35.6. The lowest BCUT2D eigenvalue weighted by atomic mass is 9.78. The Morgan fingerprint density at radius 1 is 0.198 bits per heavy atom. The summed E-state index contributed by atoms with van der Waals surface area (Å²) in [5.41, 5.74) is 13.4. The Labute approximate surface area is 624 Å². The van der Waals surface area contributed by atoms with Crippen molar-refractivity contribution in [2.24, 2.45) is 0 Å². The van der Waals surface area contributed by atoms with Crippen LogP contribution >= 0.6 is 15.9 Å². The van der Waals surface area contributed by atoms with Gasteiger partial charge in [0, 0.05) is 71.2 Å². The lowest BCUT2D eigenvalue weighted by Crippen LogP contribution is -2.41. The van der Waals surface area contributed by atoms with Crippen molar-refractivity contribution in [2.45, 2.75) is 38.9 Å². The van der Waals surface area contributed by atoms with E-state index in [0.29, 0.717) is 69.9 Å². The summed E-state index contributed by atoms with van der Waals surface area (Å²) < 4.78 is 13.5. The van der Waals surface area contributed by atoms with Gasteiger partial charge in [0.1, 0.15) is 0 Å². The molecule has 1 aliphatic heterocycles. The largest absolute Gasteiger partial charge is 0.494 e. The summed E-state index contributed by atoms with van der Waals surface area (Å²) >= 11 is 3.52. The van der Waals surface area contributed by atoms with Crippen LogP contribution < -0.4 is 5.46 Å². The fraction of sp³-hybridized carbons (Fsp3) is 0.0667. The van der Waals surface area contributed by atoms with Crippen molar-refractivity contribution in [3.05, 3.63) is 344 Å². The fourth-order valence-corrected chi connectivity index (χ4v) is 12.3. The van der Waals surface area contributed by atoms with Crippen LogP contribution in [0.2, 0.25) is 0 Å². The topological polar surface area (TPSA) is 173 Å². The van der Waals surface area contributed by atoms with Crippen LogP contribution in [0.4, 0.5) is 0 Å². The maximum Gasteiger partial charge on any atom is 0.494 e. The van der Waals surface area contributed by atoms with Crippen molar-refractivity contribution in [3.8, 4) is 148 Å². The van der Waals surface area contributed by atoms with Crippen LogP contribution in [-0.4, -0.2) is 78.1 Å². The third-order valence-electron chi connectivity index (χ3n) is 18.1. The second kappa shape index (κ2) is 31.4. The average Bonchev–Trinajstić information content (AvgIpc) is 1.54. The smallest absolute Gasteiger partial charge is 0.399 e. The van der Waals surface area contributed by atoms with Gasteiger partial charge in [0.15, 0.2) is 69.9 Å². The molecule has 0 unspecified atom stereocenters. The number of nitrogens with zero attached hydrogens (tertiary/aromatic N) is 12. The van der Waals surface area contributed by atoms with Gasteiger partial charge in [-0.2, -0.15) is 0 Å². The Kier molecular flexibility index (Phi) is 20.4. The molecule has 0 radical (unpaired) electrons. The monoisotopic (exact) mass is 1440 g/mol. The molecule has 1 fully saturated rings. The molecule has 4 aromatic heterocycles. The van der Waals surface area contributed by atoms with Gasteiger partial charge in [-0.15, -0.1) is 0 Å². The Morgan fingerprint density at radius 3 is 0.613 bits per heavy atom. The van der Waals surface area contributed by atoms with Gasteiger partial charge < -0.3 is 9.31 Å². The third kappa shape index (κ3) is 16.2. The molecule has 510 valence electrons. The molecule has 14 nitrogen and oxygen atoms in total. The summed E-state index contributed by atoms with van der Waals surface area (Å²) in [5, 5.41) is 0. The summed E-state index contributed by atoms with van der Waals surface area (Å²) in [6.07, 6.45) is 0. The minimum Gasteiger partial charge on any atom is -0.399 e. The summed E-state index contributed by atoms with van der Waals surface area (Å²) in [6, 6.07) is 113.